The van der Waals surface area contributed by atoms with E-state index in [0.29, 0.717) is 40.2 Å². The van der Waals surface area contributed by atoms with Crippen LogP contribution in [0.5, 0.6) is 11.5 Å². The van der Waals surface area contributed by atoms with Crippen LogP contribution in [0.2, 0.25) is 0 Å². The number of fused-ring (bicyclic) bond motifs is 1. The van der Waals surface area contributed by atoms with Gasteiger partial charge in [0, 0.05) is 28.6 Å². The van der Waals surface area contributed by atoms with E-state index in [1.807, 2.05) is 23.1 Å². The first-order valence-electron chi connectivity index (χ1n) is 13.1. The Morgan fingerprint density at radius 2 is 1.90 bits per heavy atom. The fraction of sp³-hybridized carbons (Fsp3) is 0.393. The fourth-order valence-corrected chi connectivity index (χ4v) is 5.27. The normalized spacial score (nSPS) is 14.4. The lowest BCUT2D eigenvalue weighted by Crippen LogP contribution is -2.24. The molecule has 11 heteroatoms. The van der Waals surface area contributed by atoms with E-state index in [4.69, 9.17) is 9.84 Å². The highest BCUT2D eigenvalue weighted by atomic mass is 32.2. The number of carbonyl (C=O) groups is 1. The number of benzene rings is 1. The molecule has 4 aromatic rings. The quantitative estimate of drug-likeness (QED) is 0.236. The number of aromatic nitrogens is 5. The molecule has 5 rings (SSSR count). The molecule has 0 unspecified atom stereocenters. The van der Waals surface area contributed by atoms with Crippen molar-refractivity contribution in [2.75, 3.05) is 16.9 Å². The Kier molecular flexibility index (Phi) is 7.60. The maximum absolute atomic E-state index is 13.1. The van der Waals surface area contributed by atoms with Crippen LogP contribution in [-0.2, 0) is 5.41 Å². The Labute approximate surface area is 231 Å². The molecule has 3 heterocycles. The minimum Gasteiger partial charge on any atom is -0.455 e. The SMILES string of the molecule is CSc1cc(Oc2ccnc3[nH]c(=O)cnc23)ccc1NC(=O)Nc1cc(C(C)(C)C)nn1C1CCCCC1. The molecule has 0 aliphatic heterocycles. The van der Waals surface area contributed by atoms with Gasteiger partial charge in [0.25, 0.3) is 5.56 Å². The van der Waals surface area contributed by atoms with Gasteiger partial charge in [-0.15, -0.1) is 11.8 Å². The molecule has 1 aromatic carbocycles. The van der Waals surface area contributed by atoms with Gasteiger partial charge in [-0.3, -0.25) is 10.1 Å². The zero-order valence-electron chi connectivity index (χ0n) is 22.6. The average molecular weight is 548 g/mol. The van der Waals surface area contributed by atoms with Gasteiger partial charge in [0.05, 0.1) is 23.6 Å². The molecule has 3 aromatic heterocycles. The van der Waals surface area contributed by atoms with Gasteiger partial charge in [-0.05, 0) is 37.3 Å². The largest absolute Gasteiger partial charge is 0.455 e. The van der Waals surface area contributed by atoms with E-state index in [-0.39, 0.29) is 17.0 Å². The molecule has 10 nitrogen and oxygen atoms in total. The standard InChI is InChI=1S/C28H33N7O3S/c1-28(2,3)22-15-23(35(34-22)17-8-6-5-7-9-17)32-27(37)31-19-11-10-18(14-21(19)39-4)38-20-12-13-29-26-25(20)30-16-24(36)33-26/h10-17H,5-9H2,1-4H3,(H,29,33,36)(H2,31,32,37). The van der Waals surface area contributed by atoms with Crippen molar-refractivity contribution >= 4 is 40.5 Å². The molecule has 204 valence electrons. The smallest absolute Gasteiger partial charge is 0.324 e. The molecule has 1 fully saturated rings. The van der Waals surface area contributed by atoms with Crippen molar-refractivity contribution in [3.8, 4) is 11.5 Å². The van der Waals surface area contributed by atoms with Crippen molar-refractivity contribution in [1.82, 2.24) is 24.7 Å². The highest BCUT2D eigenvalue weighted by Crippen LogP contribution is 2.35. The molecule has 0 bridgehead atoms. The van der Waals surface area contributed by atoms with E-state index in [9.17, 15) is 9.59 Å². The van der Waals surface area contributed by atoms with Crippen LogP contribution in [0, 0.1) is 0 Å². The third-order valence-corrected chi connectivity index (χ3v) is 7.53. The Morgan fingerprint density at radius 1 is 1.10 bits per heavy atom. The molecular formula is C28H33N7O3S. The van der Waals surface area contributed by atoms with E-state index >= 15 is 0 Å². The summed E-state index contributed by atoms with van der Waals surface area (Å²) in [4.78, 5) is 36.5. The van der Waals surface area contributed by atoms with E-state index in [0.717, 1.165) is 23.4 Å². The predicted octanol–water partition coefficient (Wildman–Crippen LogP) is 6.48. The van der Waals surface area contributed by atoms with Crippen LogP contribution in [-0.4, -0.2) is 37.0 Å². The zero-order chi connectivity index (χ0) is 27.6. The monoisotopic (exact) mass is 547 g/mol. The summed E-state index contributed by atoms with van der Waals surface area (Å²) in [5, 5.41) is 10.9. The molecule has 0 spiro atoms. The highest BCUT2D eigenvalue weighted by molar-refractivity contribution is 7.98. The minimum absolute atomic E-state index is 0.125. The molecule has 1 saturated carbocycles. The number of H-pyrrole nitrogens is 1. The summed E-state index contributed by atoms with van der Waals surface area (Å²) in [7, 11) is 0. The first-order valence-corrected chi connectivity index (χ1v) is 14.3. The molecule has 0 saturated heterocycles. The minimum atomic E-state index is -0.332. The molecule has 1 aliphatic carbocycles. The van der Waals surface area contributed by atoms with Crippen LogP contribution < -0.4 is 20.9 Å². The number of thioether (sulfide) groups is 1. The van der Waals surface area contributed by atoms with Crippen LogP contribution in [0.4, 0.5) is 16.3 Å². The maximum atomic E-state index is 13.1. The summed E-state index contributed by atoms with van der Waals surface area (Å²) in [6, 6.07) is 9.07. The second kappa shape index (κ2) is 11.1. The van der Waals surface area contributed by atoms with E-state index < -0.39 is 0 Å². The van der Waals surface area contributed by atoms with Gasteiger partial charge in [0.15, 0.2) is 11.4 Å². The van der Waals surface area contributed by atoms with Gasteiger partial charge in [-0.25, -0.2) is 19.4 Å². The summed E-state index contributed by atoms with van der Waals surface area (Å²) in [5.41, 5.74) is 1.96. The number of hydrogen-bond acceptors (Lipinski definition) is 7. The number of pyridine rings is 1. The van der Waals surface area contributed by atoms with Crippen molar-refractivity contribution in [3.63, 3.8) is 0 Å². The zero-order valence-corrected chi connectivity index (χ0v) is 23.4. The lowest BCUT2D eigenvalue weighted by molar-refractivity contribution is 0.261. The van der Waals surface area contributed by atoms with Crippen LogP contribution in [0.25, 0.3) is 11.2 Å². The third kappa shape index (κ3) is 6.08. The Balaban J connectivity index is 1.34. The number of hydrogen-bond donors (Lipinski definition) is 3. The van der Waals surface area contributed by atoms with Gasteiger partial charge in [0.2, 0.25) is 0 Å². The van der Waals surface area contributed by atoms with Gasteiger partial charge in [-0.1, -0.05) is 40.0 Å². The number of anilines is 2. The highest BCUT2D eigenvalue weighted by Gasteiger charge is 2.25. The number of nitrogens with zero attached hydrogens (tertiary/aromatic N) is 4. The number of rotatable bonds is 6. The molecule has 1 aliphatic rings. The van der Waals surface area contributed by atoms with Gasteiger partial charge < -0.3 is 15.0 Å². The van der Waals surface area contributed by atoms with E-state index in [1.165, 1.54) is 37.2 Å². The number of amides is 2. The summed E-state index contributed by atoms with van der Waals surface area (Å²) >= 11 is 1.49. The first kappa shape index (κ1) is 26.7. The first-order chi connectivity index (χ1) is 18.7. The Hall–Kier alpha value is -3.86. The molecule has 3 N–H and O–H groups in total. The van der Waals surface area contributed by atoms with Crippen molar-refractivity contribution in [3.05, 3.63) is 58.8 Å². The number of urea groups is 1. The number of nitrogens with one attached hydrogen (secondary N) is 3. The number of carbonyl (C=O) groups excluding carboxylic acids is 1. The van der Waals surface area contributed by atoms with Crippen LogP contribution in [0.15, 0.2) is 52.4 Å². The lowest BCUT2D eigenvalue weighted by atomic mass is 9.92. The average Bonchev–Trinajstić information content (AvgIpc) is 3.34. The molecular weight excluding hydrogens is 514 g/mol. The van der Waals surface area contributed by atoms with Crippen molar-refractivity contribution in [2.45, 2.75) is 69.2 Å². The van der Waals surface area contributed by atoms with Gasteiger partial charge >= 0.3 is 6.03 Å². The van der Waals surface area contributed by atoms with Crippen molar-refractivity contribution in [2.24, 2.45) is 0 Å². The van der Waals surface area contributed by atoms with Gasteiger partial charge in [0.1, 0.15) is 17.1 Å². The van der Waals surface area contributed by atoms with Crippen molar-refractivity contribution < 1.29 is 9.53 Å². The Bertz CT molecular complexity index is 1550. The maximum Gasteiger partial charge on any atom is 0.324 e. The summed E-state index contributed by atoms with van der Waals surface area (Å²) in [5.74, 6) is 1.74. The second-order valence-electron chi connectivity index (χ2n) is 10.7. The molecule has 39 heavy (non-hydrogen) atoms. The Morgan fingerprint density at radius 3 is 2.64 bits per heavy atom. The van der Waals surface area contributed by atoms with Gasteiger partial charge in [-0.2, -0.15) is 5.10 Å². The van der Waals surface area contributed by atoms with E-state index in [2.05, 4.69) is 46.4 Å². The summed E-state index contributed by atoms with van der Waals surface area (Å²) in [6.45, 7) is 6.38. The fourth-order valence-electron chi connectivity index (χ4n) is 4.70. The predicted molar refractivity (Wildman–Crippen MR) is 154 cm³/mol. The second-order valence-corrected chi connectivity index (χ2v) is 11.5. The summed E-state index contributed by atoms with van der Waals surface area (Å²) < 4.78 is 8.08. The third-order valence-electron chi connectivity index (χ3n) is 6.76. The topological polar surface area (TPSA) is 127 Å². The van der Waals surface area contributed by atoms with Crippen LogP contribution >= 0.6 is 11.8 Å². The molecule has 0 atom stereocenters. The van der Waals surface area contributed by atoms with Crippen molar-refractivity contribution in [1.29, 1.82) is 0 Å². The molecule has 0 radical (unpaired) electrons. The number of ether oxygens (including phenoxy) is 1. The number of aromatic amines is 1. The molecule has 2 amide bonds. The van der Waals surface area contributed by atoms with Crippen LogP contribution in [0.1, 0.15) is 64.6 Å². The van der Waals surface area contributed by atoms with E-state index in [1.54, 1.807) is 24.4 Å². The van der Waals surface area contributed by atoms with Crippen LogP contribution in [0.3, 0.4) is 0 Å². The lowest BCUT2D eigenvalue weighted by Gasteiger charge is -2.24. The summed E-state index contributed by atoms with van der Waals surface area (Å²) in [6.07, 6.45) is 10.4.